The van der Waals surface area contributed by atoms with E-state index in [1.165, 1.54) is 0 Å². The highest BCUT2D eigenvalue weighted by Crippen LogP contribution is 2.41. The van der Waals surface area contributed by atoms with Crippen molar-refractivity contribution in [3.8, 4) is 0 Å². The van der Waals surface area contributed by atoms with Gasteiger partial charge in [-0.1, -0.05) is 0 Å². The monoisotopic (exact) mass is 534 g/mol. The Morgan fingerprint density at radius 2 is 1.32 bits per heavy atom. The van der Waals surface area contributed by atoms with Gasteiger partial charge in [-0.05, 0) is 64.5 Å². The number of aliphatic hydroxyl groups is 1. The molecule has 2 aliphatic heterocycles. The highest BCUT2D eigenvalue weighted by Gasteiger charge is 2.61. The highest BCUT2D eigenvalue weighted by atomic mass is 32.1. The molecule has 0 saturated carbocycles. The van der Waals surface area contributed by atoms with Crippen molar-refractivity contribution in [1.82, 2.24) is 0 Å². The van der Waals surface area contributed by atoms with Gasteiger partial charge in [-0.15, -0.1) is 0 Å². The molecule has 2 aliphatic rings. The molecule has 2 rings (SSSR count). The maximum Gasteiger partial charge on any atom is 0.225 e. The van der Waals surface area contributed by atoms with Crippen LogP contribution < -0.4 is 0 Å². The molecule has 9 nitrogen and oxygen atoms in total. The third kappa shape index (κ3) is 5.18. The fourth-order valence-corrected chi connectivity index (χ4v) is 4.99. The van der Waals surface area contributed by atoms with Crippen molar-refractivity contribution in [3.05, 3.63) is 0 Å². The predicted molar refractivity (Wildman–Crippen MR) is 121 cm³/mol. The summed E-state index contributed by atoms with van der Waals surface area (Å²) in [5, 5.41) is 10.1. The van der Waals surface area contributed by atoms with Crippen LogP contribution in [0.1, 0.15) is 0 Å². The Balaban J connectivity index is 2.33. The van der Waals surface area contributed by atoms with Crippen LogP contribution in [-0.4, -0.2) is 78.0 Å². The molecule has 2 fully saturated rings. The number of aliphatic hydroxyl groups excluding tert-OH is 1. The van der Waals surface area contributed by atoms with Crippen molar-refractivity contribution in [2.75, 3.05) is 18.1 Å². The summed E-state index contributed by atoms with van der Waals surface area (Å²) in [6.45, 7) is -0.625. The summed E-state index contributed by atoms with van der Waals surface area (Å²) in [4.78, 5) is 0. The molecule has 0 radical (unpaired) electrons. The zero-order chi connectivity index (χ0) is 20.9. The van der Waals surface area contributed by atoms with Gasteiger partial charge in [-0.25, -0.2) is 0 Å². The normalized spacial score (nSPS) is 44.1. The van der Waals surface area contributed by atoms with Crippen LogP contribution in [0.4, 0.5) is 0 Å². The molecule has 0 aromatic heterocycles. The van der Waals surface area contributed by atoms with Crippen LogP contribution in [0.2, 0.25) is 0 Å². The Bertz CT molecular complexity index is 483. The van der Waals surface area contributed by atoms with Crippen LogP contribution in [0, 0.1) is 0 Å². The lowest BCUT2D eigenvalue weighted by molar-refractivity contribution is -0.368. The van der Waals surface area contributed by atoms with Gasteiger partial charge in [0.2, 0.25) is 5.79 Å². The van der Waals surface area contributed by atoms with Gasteiger partial charge in [0.1, 0.15) is 31.0 Å². The topological polar surface area (TPSA) is 94.1 Å². The Labute approximate surface area is 202 Å². The summed E-state index contributed by atoms with van der Waals surface area (Å²) >= 11 is 27.8. The minimum atomic E-state index is -1.73. The molecule has 9 unspecified atom stereocenters. The van der Waals surface area contributed by atoms with E-state index in [1.54, 1.807) is 0 Å². The molecular weight excluding hydrogens is 513 g/mol. The van der Waals surface area contributed by atoms with E-state index in [9.17, 15) is 5.11 Å². The minimum Gasteiger partial charge on any atom is -0.391 e. The van der Waals surface area contributed by atoms with E-state index in [-0.39, 0.29) is 11.5 Å². The maximum atomic E-state index is 10.1. The Morgan fingerprint density at radius 3 is 1.75 bits per heavy atom. The number of hydrogen-bond acceptors (Lipinski definition) is 16. The molecular formula is C12H22O9S7. The highest BCUT2D eigenvalue weighted by molar-refractivity contribution is 7.80. The van der Waals surface area contributed by atoms with Crippen LogP contribution in [0.25, 0.3) is 0 Å². The van der Waals surface area contributed by atoms with Gasteiger partial charge in [0.05, 0.1) is 6.10 Å². The van der Waals surface area contributed by atoms with Gasteiger partial charge in [0, 0.05) is 11.5 Å². The van der Waals surface area contributed by atoms with Gasteiger partial charge in [0.15, 0.2) is 18.5 Å². The maximum absolute atomic E-state index is 10.1. The zero-order valence-electron chi connectivity index (χ0n) is 14.1. The van der Waals surface area contributed by atoms with Crippen molar-refractivity contribution in [1.29, 1.82) is 0 Å². The molecule has 0 aromatic carbocycles. The Morgan fingerprint density at radius 1 is 0.750 bits per heavy atom. The number of rotatable bonds is 10. The molecule has 0 bridgehead atoms. The number of thiol groups is 7. The fourth-order valence-electron chi connectivity index (χ4n) is 3.18. The fraction of sp³-hybridized carbons (Fsp3) is 1.00. The van der Waals surface area contributed by atoms with Gasteiger partial charge < -0.3 is 40.2 Å². The summed E-state index contributed by atoms with van der Waals surface area (Å²) in [7, 11) is 0. The third-order valence-corrected chi connectivity index (χ3v) is 6.46. The first kappa shape index (κ1) is 26.3. The van der Waals surface area contributed by atoms with Crippen LogP contribution in [0.5, 0.6) is 0 Å². The van der Waals surface area contributed by atoms with E-state index in [4.69, 9.17) is 35.1 Å². The number of ether oxygens (including phenoxy) is 3. The standard InChI is InChI=1S/C12H22O9S7/c13-3-12(10(21-28)7(18-25)5(2-23)15-12)16-11-9(20-27)8(19-26)6(17-24)4(1-22)14-11/h4-11,13,22-28H,1-3H2. The minimum absolute atomic E-state index is 0.235. The molecule has 0 aliphatic carbocycles. The molecule has 28 heavy (non-hydrogen) atoms. The summed E-state index contributed by atoms with van der Waals surface area (Å²) in [6, 6.07) is 0. The van der Waals surface area contributed by atoms with Crippen LogP contribution in [-0.2, 0) is 35.1 Å². The lowest BCUT2D eigenvalue weighted by Crippen LogP contribution is -2.63. The van der Waals surface area contributed by atoms with Crippen LogP contribution in [0.15, 0.2) is 0 Å². The van der Waals surface area contributed by atoms with E-state index >= 15 is 0 Å². The van der Waals surface area contributed by atoms with Gasteiger partial charge in [-0.3, -0.25) is 0 Å². The average molecular weight is 535 g/mol. The molecule has 1 N–H and O–H groups in total. The molecule has 9 atom stereocenters. The predicted octanol–water partition coefficient (Wildman–Crippen LogP) is 0.825. The van der Waals surface area contributed by atoms with Crippen LogP contribution in [0.3, 0.4) is 0 Å². The Kier molecular flexibility index (Phi) is 11.6. The smallest absolute Gasteiger partial charge is 0.225 e. The molecule has 2 saturated heterocycles. The van der Waals surface area contributed by atoms with Crippen molar-refractivity contribution >= 4 is 89.8 Å². The SMILES string of the molecule is OCC1(OC2OC(CS)C(OS)C(OS)C2OS)OC(CS)C(OS)C1OS. The summed E-state index contributed by atoms with van der Waals surface area (Å²) in [5.41, 5.74) is 0. The quantitative estimate of drug-likeness (QED) is 0.153. The zero-order valence-corrected chi connectivity index (χ0v) is 20.3. The molecule has 2 heterocycles. The van der Waals surface area contributed by atoms with Gasteiger partial charge in [0.25, 0.3) is 0 Å². The second-order valence-electron chi connectivity index (χ2n) is 5.96. The van der Waals surface area contributed by atoms with Crippen molar-refractivity contribution in [2.24, 2.45) is 0 Å². The largest absolute Gasteiger partial charge is 0.391 e. The lowest BCUT2D eigenvalue weighted by atomic mass is 9.99. The van der Waals surface area contributed by atoms with Gasteiger partial charge >= 0.3 is 0 Å². The van der Waals surface area contributed by atoms with E-state index in [0.29, 0.717) is 0 Å². The van der Waals surface area contributed by atoms with Gasteiger partial charge in [-0.2, -0.15) is 25.3 Å². The average Bonchev–Trinajstić information content (AvgIpc) is 3.05. The molecule has 0 aromatic rings. The van der Waals surface area contributed by atoms with Crippen molar-refractivity contribution in [3.63, 3.8) is 0 Å². The van der Waals surface area contributed by atoms with E-state index < -0.39 is 61.4 Å². The first-order valence-corrected chi connectivity index (χ1v) is 10.9. The van der Waals surface area contributed by atoms with Crippen molar-refractivity contribution in [2.45, 2.75) is 54.8 Å². The lowest BCUT2D eigenvalue weighted by Gasteiger charge is -2.45. The molecule has 0 spiro atoms. The summed E-state index contributed by atoms with van der Waals surface area (Å²) < 4.78 is 43.5. The number of hydrogen-bond donors (Lipinski definition) is 8. The molecule has 166 valence electrons. The molecule has 0 amide bonds. The van der Waals surface area contributed by atoms with Crippen LogP contribution >= 0.6 is 89.8 Å². The third-order valence-electron chi connectivity index (χ3n) is 4.54. The molecule has 16 heteroatoms. The second-order valence-corrected chi connectivity index (χ2v) is 7.74. The van der Waals surface area contributed by atoms with E-state index in [0.717, 1.165) is 0 Å². The Hall–Kier alpha value is 2.09. The summed E-state index contributed by atoms with van der Waals surface area (Å²) in [5.74, 6) is -1.26. The van der Waals surface area contributed by atoms with Crippen molar-refractivity contribution < 1.29 is 40.2 Å². The first-order chi connectivity index (χ1) is 13.5. The van der Waals surface area contributed by atoms with E-state index in [1.807, 2.05) is 0 Å². The first-order valence-electron chi connectivity index (χ1n) is 7.85. The summed E-state index contributed by atoms with van der Waals surface area (Å²) in [6.07, 6.45) is -6.56. The second kappa shape index (κ2) is 12.4. The van der Waals surface area contributed by atoms with E-state index in [2.05, 4.69) is 89.8 Å².